The molecular formula is C18H18BrFN4O. The Hall–Kier alpha value is -2.28. The molecule has 0 aliphatic heterocycles. The maximum Gasteiger partial charge on any atom is 0.276 e. The van der Waals surface area contributed by atoms with Gasteiger partial charge in [0.2, 0.25) is 0 Å². The molecule has 2 heterocycles. The lowest BCUT2D eigenvalue weighted by Gasteiger charge is -2.27. The molecule has 25 heavy (non-hydrogen) atoms. The first-order chi connectivity index (χ1) is 11.9. The lowest BCUT2D eigenvalue weighted by Crippen LogP contribution is -2.37. The third-order valence-corrected chi connectivity index (χ3v) is 4.42. The molecule has 0 aliphatic carbocycles. The third kappa shape index (κ3) is 3.56. The Bertz CT molecular complexity index is 938. The Morgan fingerprint density at radius 3 is 2.88 bits per heavy atom. The van der Waals surface area contributed by atoms with Crippen molar-refractivity contribution < 1.29 is 9.18 Å². The van der Waals surface area contributed by atoms with Gasteiger partial charge in [-0.25, -0.2) is 14.4 Å². The minimum Gasteiger partial charge on any atom is -0.330 e. The van der Waals surface area contributed by atoms with E-state index in [0.29, 0.717) is 11.2 Å². The van der Waals surface area contributed by atoms with Gasteiger partial charge in [-0.15, -0.1) is 0 Å². The van der Waals surface area contributed by atoms with Crippen molar-refractivity contribution in [3.63, 3.8) is 0 Å². The van der Waals surface area contributed by atoms with Crippen LogP contribution in [0.2, 0.25) is 0 Å². The molecule has 0 radical (unpaired) electrons. The molecule has 0 N–H and O–H groups in total. The van der Waals surface area contributed by atoms with Crippen LogP contribution in [-0.2, 0) is 6.54 Å². The lowest BCUT2D eigenvalue weighted by atomic mass is 10.1. The van der Waals surface area contributed by atoms with Gasteiger partial charge in [0.25, 0.3) is 5.91 Å². The maximum atomic E-state index is 14.1. The first kappa shape index (κ1) is 17.5. The van der Waals surface area contributed by atoms with E-state index in [1.54, 1.807) is 33.8 Å². The molecule has 0 saturated carbocycles. The van der Waals surface area contributed by atoms with Gasteiger partial charge in [-0.1, -0.05) is 15.9 Å². The van der Waals surface area contributed by atoms with Crippen molar-refractivity contribution >= 4 is 27.5 Å². The third-order valence-electron chi connectivity index (χ3n) is 3.93. The Labute approximate surface area is 153 Å². The fourth-order valence-corrected chi connectivity index (χ4v) is 3.07. The Kier molecular flexibility index (Phi) is 4.85. The number of aromatic nitrogens is 3. The van der Waals surface area contributed by atoms with Crippen LogP contribution in [0.4, 0.5) is 4.39 Å². The molecule has 0 bridgehead atoms. The number of halogens is 2. The van der Waals surface area contributed by atoms with Gasteiger partial charge >= 0.3 is 0 Å². The summed E-state index contributed by atoms with van der Waals surface area (Å²) >= 11 is 3.34. The van der Waals surface area contributed by atoms with Crippen LogP contribution in [0.1, 0.15) is 35.6 Å². The molecule has 130 valence electrons. The summed E-state index contributed by atoms with van der Waals surface area (Å²) in [5, 5.41) is 0. The van der Waals surface area contributed by atoms with E-state index in [2.05, 4.69) is 25.9 Å². The number of rotatable bonds is 4. The van der Waals surface area contributed by atoms with E-state index in [-0.39, 0.29) is 30.0 Å². The largest absolute Gasteiger partial charge is 0.330 e. The molecule has 2 aromatic heterocycles. The van der Waals surface area contributed by atoms with Gasteiger partial charge in [0, 0.05) is 41.2 Å². The number of hydrogen-bond donors (Lipinski definition) is 0. The zero-order chi connectivity index (χ0) is 18.1. The van der Waals surface area contributed by atoms with Crippen LogP contribution < -0.4 is 0 Å². The van der Waals surface area contributed by atoms with E-state index in [1.807, 2.05) is 27.0 Å². The fourth-order valence-electron chi connectivity index (χ4n) is 2.67. The predicted molar refractivity (Wildman–Crippen MR) is 96.8 cm³/mol. The molecular weight excluding hydrogens is 387 g/mol. The molecule has 1 aromatic carbocycles. The molecule has 0 atom stereocenters. The lowest BCUT2D eigenvalue weighted by molar-refractivity contribution is 0.0684. The highest BCUT2D eigenvalue weighted by Gasteiger charge is 2.24. The zero-order valence-corrected chi connectivity index (χ0v) is 15.8. The molecule has 3 rings (SSSR count). The number of hydrogen-bond acceptors (Lipinski definition) is 3. The average Bonchev–Trinajstić information content (AvgIpc) is 2.94. The quantitative estimate of drug-likeness (QED) is 0.660. The number of carbonyl (C=O) groups excluding carboxylic acids is 1. The molecule has 7 heteroatoms. The average molecular weight is 405 g/mol. The highest BCUT2D eigenvalue weighted by molar-refractivity contribution is 9.10. The van der Waals surface area contributed by atoms with E-state index < -0.39 is 0 Å². The van der Waals surface area contributed by atoms with E-state index in [0.717, 1.165) is 10.2 Å². The van der Waals surface area contributed by atoms with Crippen molar-refractivity contribution in [1.82, 2.24) is 19.3 Å². The van der Waals surface area contributed by atoms with Gasteiger partial charge in [0.1, 0.15) is 5.82 Å². The van der Waals surface area contributed by atoms with Gasteiger partial charge in [0.05, 0.1) is 5.69 Å². The van der Waals surface area contributed by atoms with Gasteiger partial charge in [-0.2, -0.15) is 0 Å². The van der Waals surface area contributed by atoms with E-state index in [1.165, 1.54) is 6.07 Å². The van der Waals surface area contributed by atoms with Crippen LogP contribution in [-0.4, -0.2) is 31.2 Å². The molecule has 0 aliphatic rings. The van der Waals surface area contributed by atoms with Crippen LogP contribution in [0, 0.1) is 12.7 Å². The van der Waals surface area contributed by atoms with Crippen molar-refractivity contribution in [2.75, 3.05) is 0 Å². The monoisotopic (exact) mass is 404 g/mol. The number of amides is 1. The summed E-state index contributed by atoms with van der Waals surface area (Å²) in [7, 11) is 0. The second-order valence-corrected chi connectivity index (χ2v) is 7.07. The zero-order valence-electron chi connectivity index (χ0n) is 14.2. The first-order valence-corrected chi connectivity index (χ1v) is 8.71. The standard InChI is InChI=1S/C18H18BrFN4O/c1-11(2)24(10-13-8-14(19)4-5-15(13)20)18(25)16-17-22-12(3)9-23(17)7-6-21-16/h4-9,11H,10H2,1-3H3. The number of nitrogens with zero attached hydrogens (tertiary/aromatic N) is 4. The van der Waals surface area contributed by atoms with E-state index in [4.69, 9.17) is 0 Å². The number of fused-ring (bicyclic) bond motifs is 1. The fraction of sp³-hybridized carbons (Fsp3) is 0.278. The topological polar surface area (TPSA) is 50.5 Å². The molecule has 0 fully saturated rings. The maximum absolute atomic E-state index is 14.1. The van der Waals surface area contributed by atoms with Crippen LogP contribution in [0.25, 0.3) is 5.65 Å². The highest BCUT2D eigenvalue weighted by atomic mass is 79.9. The van der Waals surface area contributed by atoms with Crippen LogP contribution >= 0.6 is 15.9 Å². The SMILES string of the molecule is Cc1cn2ccnc(C(=O)N(Cc3cc(Br)ccc3F)C(C)C)c2n1. The Morgan fingerprint density at radius 1 is 1.40 bits per heavy atom. The van der Waals surface area contributed by atoms with Gasteiger partial charge in [-0.3, -0.25) is 4.79 Å². The summed E-state index contributed by atoms with van der Waals surface area (Å²) in [6.45, 7) is 5.80. The predicted octanol–water partition coefficient (Wildman–Crippen LogP) is 3.99. The molecule has 0 unspecified atom stereocenters. The minimum absolute atomic E-state index is 0.121. The highest BCUT2D eigenvalue weighted by Crippen LogP contribution is 2.20. The van der Waals surface area contributed by atoms with Gasteiger partial charge < -0.3 is 9.30 Å². The summed E-state index contributed by atoms with van der Waals surface area (Å²) in [6, 6.07) is 4.59. The molecule has 3 aromatic rings. The van der Waals surface area contributed by atoms with Crippen molar-refractivity contribution in [2.24, 2.45) is 0 Å². The Balaban J connectivity index is 2.00. The number of aryl methyl sites for hydroxylation is 1. The van der Waals surface area contributed by atoms with Crippen molar-refractivity contribution in [3.8, 4) is 0 Å². The molecule has 1 amide bonds. The molecule has 5 nitrogen and oxygen atoms in total. The van der Waals surface area contributed by atoms with Gasteiger partial charge in [-0.05, 0) is 39.0 Å². The summed E-state index contributed by atoms with van der Waals surface area (Å²) in [5.74, 6) is -0.616. The van der Waals surface area contributed by atoms with Crippen molar-refractivity contribution in [3.05, 3.63) is 64.0 Å². The second-order valence-electron chi connectivity index (χ2n) is 6.15. The van der Waals surface area contributed by atoms with Crippen LogP contribution in [0.5, 0.6) is 0 Å². The first-order valence-electron chi connectivity index (χ1n) is 7.92. The number of imidazole rings is 1. The van der Waals surface area contributed by atoms with Gasteiger partial charge in [0.15, 0.2) is 11.3 Å². The van der Waals surface area contributed by atoms with E-state index in [9.17, 15) is 9.18 Å². The van der Waals surface area contributed by atoms with Crippen LogP contribution in [0.3, 0.4) is 0 Å². The number of carbonyl (C=O) groups is 1. The molecule has 0 saturated heterocycles. The summed E-state index contributed by atoms with van der Waals surface area (Å²) in [4.78, 5) is 23.3. The normalized spacial score (nSPS) is 11.3. The molecule has 0 spiro atoms. The van der Waals surface area contributed by atoms with E-state index >= 15 is 0 Å². The minimum atomic E-state index is -0.343. The van der Waals surface area contributed by atoms with Crippen molar-refractivity contribution in [2.45, 2.75) is 33.4 Å². The Morgan fingerprint density at radius 2 is 2.16 bits per heavy atom. The summed E-state index contributed by atoms with van der Waals surface area (Å²) in [6.07, 6.45) is 5.15. The van der Waals surface area contributed by atoms with Crippen molar-refractivity contribution in [1.29, 1.82) is 0 Å². The van der Waals surface area contributed by atoms with Crippen LogP contribution in [0.15, 0.2) is 41.3 Å². The number of benzene rings is 1. The summed E-state index contributed by atoms with van der Waals surface area (Å²) < 4.78 is 16.7. The second kappa shape index (κ2) is 6.92. The smallest absolute Gasteiger partial charge is 0.276 e. The summed E-state index contributed by atoms with van der Waals surface area (Å²) in [5.41, 5.74) is 2.02.